The Bertz CT molecular complexity index is 845. The predicted molar refractivity (Wildman–Crippen MR) is 85.3 cm³/mol. The Balaban J connectivity index is 2.04. The van der Waals surface area contributed by atoms with E-state index in [1.807, 2.05) is 37.3 Å². The first kappa shape index (κ1) is 12.9. The number of nitrogens with zero attached hydrogens (tertiary/aromatic N) is 2. The van der Waals surface area contributed by atoms with Gasteiger partial charge in [-0.25, -0.2) is 4.98 Å². The second-order valence-electron chi connectivity index (χ2n) is 4.86. The largest absolute Gasteiger partial charge is 0.398 e. The molecule has 0 spiro atoms. The number of nitrogens with two attached hydrogens (primary N) is 1. The van der Waals surface area contributed by atoms with E-state index in [0.29, 0.717) is 5.56 Å². The van der Waals surface area contributed by atoms with Crippen molar-refractivity contribution in [2.24, 2.45) is 0 Å². The molecule has 102 valence electrons. The van der Waals surface area contributed by atoms with E-state index >= 15 is 0 Å². The number of pyridine rings is 1. The number of hydrogen-bond acceptors (Lipinski definition) is 4. The van der Waals surface area contributed by atoms with Crippen LogP contribution in [0.3, 0.4) is 0 Å². The van der Waals surface area contributed by atoms with Crippen LogP contribution in [0.2, 0.25) is 0 Å². The fraction of sp³-hybridized carbons (Fsp3) is 0.0588. The zero-order valence-corrected chi connectivity index (χ0v) is 11.6. The van der Waals surface area contributed by atoms with Crippen molar-refractivity contribution in [2.75, 3.05) is 11.1 Å². The maximum Gasteiger partial charge on any atom is 0.138 e. The minimum absolute atomic E-state index is 0.631. The van der Waals surface area contributed by atoms with Gasteiger partial charge in [0.25, 0.3) is 0 Å². The van der Waals surface area contributed by atoms with E-state index in [2.05, 4.69) is 16.4 Å². The lowest BCUT2D eigenvalue weighted by atomic mass is 10.1. The van der Waals surface area contributed by atoms with Gasteiger partial charge >= 0.3 is 0 Å². The minimum atomic E-state index is 0.631. The molecule has 0 amide bonds. The lowest BCUT2D eigenvalue weighted by molar-refractivity contribution is 1.33. The number of nitriles is 1. The molecule has 0 fully saturated rings. The third kappa shape index (κ3) is 2.37. The summed E-state index contributed by atoms with van der Waals surface area (Å²) in [5, 5.41) is 14.1. The quantitative estimate of drug-likeness (QED) is 0.698. The van der Waals surface area contributed by atoms with Gasteiger partial charge in [-0.15, -0.1) is 0 Å². The molecule has 3 aromatic rings. The standard InChI is InChI=1S/C17H14N4/c1-11-2-7-15-14(16(11)19)8-9-20-17(15)21-13-5-3-12(10-18)4-6-13/h2-9H,19H2,1H3,(H,20,21). The number of nitrogens with one attached hydrogen (secondary N) is 1. The van der Waals surface area contributed by atoms with Gasteiger partial charge < -0.3 is 11.1 Å². The first-order chi connectivity index (χ1) is 10.2. The number of benzene rings is 2. The molecular weight excluding hydrogens is 260 g/mol. The Morgan fingerprint density at radius 1 is 1.05 bits per heavy atom. The summed E-state index contributed by atoms with van der Waals surface area (Å²) >= 11 is 0. The highest BCUT2D eigenvalue weighted by Gasteiger charge is 2.07. The minimum Gasteiger partial charge on any atom is -0.398 e. The van der Waals surface area contributed by atoms with Crippen LogP contribution >= 0.6 is 0 Å². The monoisotopic (exact) mass is 274 g/mol. The summed E-state index contributed by atoms with van der Waals surface area (Å²) in [5.41, 5.74) is 9.47. The van der Waals surface area contributed by atoms with Crippen molar-refractivity contribution in [3.05, 3.63) is 59.8 Å². The van der Waals surface area contributed by atoms with Crippen LogP contribution in [0.5, 0.6) is 0 Å². The summed E-state index contributed by atoms with van der Waals surface area (Å²) < 4.78 is 0. The molecular formula is C17H14N4. The van der Waals surface area contributed by atoms with Crippen LogP contribution in [-0.2, 0) is 0 Å². The summed E-state index contributed by atoms with van der Waals surface area (Å²) in [4.78, 5) is 4.38. The zero-order chi connectivity index (χ0) is 14.8. The zero-order valence-electron chi connectivity index (χ0n) is 11.6. The van der Waals surface area contributed by atoms with E-state index < -0.39 is 0 Å². The molecule has 2 aromatic carbocycles. The number of anilines is 3. The number of hydrogen-bond donors (Lipinski definition) is 2. The van der Waals surface area contributed by atoms with Gasteiger partial charge in [0.1, 0.15) is 5.82 Å². The molecule has 3 rings (SSSR count). The maximum absolute atomic E-state index is 8.82. The van der Waals surface area contributed by atoms with Gasteiger partial charge in [-0.05, 0) is 42.8 Å². The average Bonchev–Trinajstić information content (AvgIpc) is 2.52. The van der Waals surface area contributed by atoms with Crippen LogP contribution in [0.25, 0.3) is 10.8 Å². The summed E-state index contributed by atoms with van der Waals surface area (Å²) in [5.74, 6) is 0.754. The number of aryl methyl sites for hydroxylation is 1. The lowest BCUT2D eigenvalue weighted by Crippen LogP contribution is -1.97. The van der Waals surface area contributed by atoms with Crippen molar-refractivity contribution in [1.29, 1.82) is 5.26 Å². The van der Waals surface area contributed by atoms with Crippen molar-refractivity contribution in [2.45, 2.75) is 6.92 Å². The van der Waals surface area contributed by atoms with E-state index in [1.165, 1.54) is 0 Å². The van der Waals surface area contributed by atoms with Crippen LogP contribution in [0.15, 0.2) is 48.7 Å². The van der Waals surface area contributed by atoms with E-state index in [9.17, 15) is 0 Å². The van der Waals surface area contributed by atoms with Gasteiger partial charge in [0.15, 0.2) is 0 Å². The summed E-state index contributed by atoms with van der Waals surface area (Å²) in [7, 11) is 0. The SMILES string of the molecule is Cc1ccc2c(Nc3ccc(C#N)cc3)nccc2c1N. The van der Waals surface area contributed by atoms with Crippen LogP contribution in [-0.4, -0.2) is 4.98 Å². The van der Waals surface area contributed by atoms with Crippen molar-refractivity contribution < 1.29 is 0 Å². The molecule has 4 nitrogen and oxygen atoms in total. The molecule has 0 aliphatic rings. The van der Waals surface area contributed by atoms with E-state index in [0.717, 1.165) is 33.5 Å². The molecule has 0 aliphatic carbocycles. The first-order valence-electron chi connectivity index (χ1n) is 6.60. The van der Waals surface area contributed by atoms with E-state index in [-0.39, 0.29) is 0 Å². The Morgan fingerprint density at radius 3 is 2.52 bits per heavy atom. The van der Waals surface area contributed by atoms with Crippen LogP contribution in [0.4, 0.5) is 17.2 Å². The molecule has 0 bridgehead atoms. The second kappa shape index (κ2) is 5.14. The molecule has 1 heterocycles. The highest BCUT2D eigenvalue weighted by molar-refractivity contribution is 6.01. The fourth-order valence-corrected chi connectivity index (χ4v) is 2.25. The number of rotatable bonds is 2. The topological polar surface area (TPSA) is 74.7 Å². The molecule has 0 radical (unpaired) electrons. The summed E-state index contributed by atoms with van der Waals surface area (Å²) in [6.07, 6.45) is 1.74. The smallest absolute Gasteiger partial charge is 0.138 e. The Hall–Kier alpha value is -3.06. The van der Waals surface area contributed by atoms with Crippen molar-refractivity contribution in [3.8, 4) is 6.07 Å². The highest BCUT2D eigenvalue weighted by atomic mass is 15.0. The molecule has 3 N–H and O–H groups in total. The summed E-state index contributed by atoms with van der Waals surface area (Å²) in [6.45, 7) is 1.99. The number of aromatic nitrogens is 1. The number of fused-ring (bicyclic) bond motifs is 1. The van der Waals surface area contributed by atoms with Crippen LogP contribution in [0, 0.1) is 18.3 Å². The molecule has 0 saturated heterocycles. The molecule has 0 saturated carbocycles. The Labute approximate surface area is 122 Å². The van der Waals surface area contributed by atoms with Crippen molar-refractivity contribution >= 4 is 28.0 Å². The molecule has 0 atom stereocenters. The molecule has 21 heavy (non-hydrogen) atoms. The highest BCUT2D eigenvalue weighted by Crippen LogP contribution is 2.29. The van der Waals surface area contributed by atoms with Crippen molar-refractivity contribution in [1.82, 2.24) is 4.98 Å². The van der Waals surface area contributed by atoms with Crippen molar-refractivity contribution in [3.63, 3.8) is 0 Å². The first-order valence-corrected chi connectivity index (χ1v) is 6.60. The summed E-state index contributed by atoms with van der Waals surface area (Å²) in [6, 6.07) is 15.3. The number of nitrogen functional groups attached to an aromatic ring is 1. The normalized spacial score (nSPS) is 10.3. The van der Waals surface area contributed by atoms with Crippen LogP contribution in [0.1, 0.15) is 11.1 Å². The fourth-order valence-electron chi connectivity index (χ4n) is 2.25. The van der Waals surface area contributed by atoms with Gasteiger partial charge in [0, 0.05) is 28.3 Å². The molecule has 0 aliphatic heterocycles. The van der Waals surface area contributed by atoms with Gasteiger partial charge in [-0.3, -0.25) is 0 Å². The maximum atomic E-state index is 8.82. The molecule has 1 aromatic heterocycles. The van der Waals surface area contributed by atoms with E-state index in [4.69, 9.17) is 11.0 Å². The van der Waals surface area contributed by atoms with Gasteiger partial charge in [0.2, 0.25) is 0 Å². The Morgan fingerprint density at radius 2 is 1.81 bits per heavy atom. The molecule has 4 heteroatoms. The third-order valence-electron chi connectivity index (χ3n) is 3.48. The lowest BCUT2D eigenvalue weighted by Gasteiger charge is -2.11. The average molecular weight is 274 g/mol. The van der Waals surface area contributed by atoms with E-state index in [1.54, 1.807) is 18.3 Å². The van der Waals surface area contributed by atoms with Gasteiger partial charge in [0.05, 0.1) is 11.6 Å². The second-order valence-corrected chi connectivity index (χ2v) is 4.86. The third-order valence-corrected chi connectivity index (χ3v) is 3.48. The van der Waals surface area contributed by atoms with Crippen LogP contribution < -0.4 is 11.1 Å². The Kier molecular flexibility index (Phi) is 3.17. The predicted octanol–water partition coefficient (Wildman–Crippen LogP) is 3.74. The van der Waals surface area contributed by atoms with Gasteiger partial charge in [-0.1, -0.05) is 12.1 Å². The molecule has 0 unspecified atom stereocenters. The van der Waals surface area contributed by atoms with Gasteiger partial charge in [-0.2, -0.15) is 5.26 Å².